The molecule has 1 saturated heterocycles. The molecule has 32 heavy (non-hydrogen) atoms. The third-order valence-electron chi connectivity index (χ3n) is 6.79. The van der Waals surface area contributed by atoms with Gasteiger partial charge in [0.1, 0.15) is 0 Å². The number of carbonyl (C=O) groups is 1. The highest BCUT2D eigenvalue weighted by atomic mass is 16.5. The van der Waals surface area contributed by atoms with Gasteiger partial charge in [0.15, 0.2) is 11.5 Å². The van der Waals surface area contributed by atoms with Crippen LogP contribution in [-0.4, -0.2) is 56.2 Å². The van der Waals surface area contributed by atoms with Crippen LogP contribution in [0.5, 0.6) is 11.5 Å². The second-order valence-corrected chi connectivity index (χ2v) is 9.03. The van der Waals surface area contributed by atoms with E-state index < -0.39 is 0 Å². The maximum absolute atomic E-state index is 11.7. The molecule has 0 bridgehead atoms. The molecule has 1 aliphatic heterocycles. The van der Waals surface area contributed by atoms with E-state index in [0.29, 0.717) is 6.54 Å². The molecule has 2 aromatic carbocycles. The molecule has 2 N–H and O–H groups in total. The lowest BCUT2D eigenvalue weighted by molar-refractivity contribution is -0.119. The van der Waals surface area contributed by atoms with Crippen LogP contribution in [0, 0.1) is 6.92 Å². The third kappa shape index (κ3) is 5.36. The lowest BCUT2D eigenvalue weighted by Crippen LogP contribution is -2.56. The highest BCUT2D eigenvalue weighted by Crippen LogP contribution is 2.35. The zero-order chi connectivity index (χ0) is 22.5. The number of primary amides is 1. The first kappa shape index (κ1) is 22.5. The molecule has 4 rings (SSSR count). The van der Waals surface area contributed by atoms with E-state index in [4.69, 9.17) is 15.2 Å². The minimum Gasteiger partial charge on any atom is -0.493 e. The summed E-state index contributed by atoms with van der Waals surface area (Å²) < 4.78 is 11.9. The van der Waals surface area contributed by atoms with E-state index in [0.717, 1.165) is 56.1 Å². The Hall–Kier alpha value is -2.73. The van der Waals surface area contributed by atoms with E-state index >= 15 is 0 Å². The highest BCUT2D eigenvalue weighted by Gasteiger charge is 2.29. The molecule has 1 atom stereocenters. The summed E-state index contributed by atoms with van der Waals surface area (Å²) in [6.45, 7) is 4.90. The van der Waals surface area contributed by atoms with Crippen LogP contribution in [0.2, 0.25) is 0 Å². The summed E-state index contributed by atoms with van der Waals surface area (Å²) in [5, 5.41) is 0. The predicted octanol–water partition coefficient (Wildman–Crippen LogP) is 3.54. The van der Waals surface area contributed by atoms with Crippen LogP contribution in [0.4, 0.5) is 5.69 Å². The van der Waals surface area contributed by atoms with Crippen molar-refractivity contribution in [2.24, 2.45) is 5.73 Å². The Morgan fingerprint density at radius 1 is 1.09 bits per heavy atom. The molecule has 1 amide bonds. The first-order chi connectivity index (χ1) is 15.5. The van der Waals surface area contributed by atoms with Crippen molar-refractivity contribution in [3.8, 4) is 11.5 Å². The van der Waals surface area contributed by atoms with Crippen LogP contribution in [0.25, 0.3) is 0 Å². The van der Waals surface area contributed by atoms with E-state index in [-0.39, 0.29) is 18.1 Å². The second-order valence-electron chi connectivity index (χ2n) is 9.03. The Morgan fingerprint density at radius 3 is 2.59 bits per heavy atom. The van der Waals surface area contributed by atoms with Crippen molar-refractivity contribution in [3.63, 3.8) is 0 Å². The van der Waals surface area contributed by atoms with E-state index in [1.165, 1.54) is 24.0 Å². The van der Waals surface area contributed by atoms with Crippen molar-refractivity contribution in [3.05, 3.63) is 53.6 Å². The lowest BCUT2D eigenvalue weighted by atomic mass is 9.98. The summed E-state index contributed by atoms with van der Waals surface area (Å²) in [7, 11) is 1.69. The molecule has 1 aliphatic carbocycles. The smallest absolute Gasteiger partial charge is 0.231 e. The molecule has 6 nitrogen and oxygen atoms in total. The number of amides is 1. The van der Waals surface area contributed by atoms with Gasteiger partial charge in [-0.2, -0.15) is 0 Å². The molecule has 1 heterocycles. The number of anilines is 1. The number of methoxy groups -OCH3 is 1. The van der Waals surface area contributed by atoms with Crippen LogP contribution in [-0.2, 0) is 11.2 Å². The number of rotatable bonds is 8. The Balaban J connectivity index is 1.54. The fourth-order valence-corrected chi connectivity index (χ4v) is 4.96. The number of hydrogen-bond donors (Lipinski definition) is 1. The van der Waals surface area contributed by atoms with Crippen LogP contribution < -0.4 is 20.1 Å². The molecule has 6 heteroatoms. The average molecular weight is 438 g/mol. The first-order valence-corrected chi connectivity index (χ1v) is 11.7. The van der Waals surface area contributed by atoms with E-state index in [2.05, 4.69) is 53.1 Å². The summed E-state index contributed by atoms with van der Waals surface area (Å²) in [6.07, 6.45) is 5.85. The first-order valence-electron chi connectivity index (χ1n) is 11.7. The standard InChI is InChI=1S/C26H35N3O3/c1-19-7-3-4-8-20(19)15-22-17-28(13-14-29(22)18-26(27)30)21-11-12-24(31-2)25(16-21)32-23-9-5-6-10-23/h3-4,7-8,11-12,16,22-23H,5-6,9-10,13-15,17-18H2,1-2H3,(H2,27,30)/t22-/m0/s1. The van der Waals surface area contributed by atoms with E-state index in [1.54, 1.807) is 7.11 Å². The Kier molecular flexibility index (Phi) is 7.20. The number of aryl methyl sites for hydroxylation is 1. The second kappa shape index (κ2) is 10.3. The van der Waals surface area contributed by atoms with Gasteiger partial charge in [0.25, 0.3) is 0 Å². The van der Waals surface area contributed by atoms with Crippen LogP contribution in [0.15, 0.2) is 42.5 Å². The van der Waals surface area contributed by atoms with Gasteiger partial charge in [-0.05, 0) is 62.3 Å². The SMILES string of the molecule is COc1ccc(N2CCN(CC(N)=O)[C@@H](Cc3ccccc3C)C2)cc1OC1CCCC1. The largest absolute Gasteiger partial charge is 0.493 e. The molecular weight excluding hydrogens is 402 g/mol. The maximum Gasteiger partial charge on any atom is 0.231 e. The number of piperazine rings is 1. The number of carbonyl (C=O) groups excluding carboxylic acids is 1. The summed E-state index contributed by atoms with van der Waals surface area (Å²) in [5.41, 5.74) is 9.28. The zero-order valence-corrected chi connectivity index (χ0v) is 19.3. The molecule has 1 saturated carbocycles. The van der Waals surface area contributed by atoms with Gasteiger partial charge in [-0.15, -0.1) is 0 Å². The number of benzene rings is 2. The summed E-state index contributed by atoms with van der Waals surface area (Å²) in [6, 6.07) is 14.9. The lowest BCUT2D eigenvalue weighted by Gasteiger charge is -2.42. The average Bonchev–Trinajstić information content (AvgIpc) is 3.29. The molecule has 0 spiro atoms. The summed E-state index contributed by atoms with van der Waals surface area (Å²) in [4.78, 5) is 16.3. The van der Waals surface area contributed by atoms with Crippen LogP contribution in [0.3, 0.4) is 0 Å². The van der Waals surface area contributed by atoms with Crippen molar-refractivity contribution in [2.45, 2.75) is 51.2 Å². The Bertz CT molecular complexity index is 926. The monoisotopic (exact) mass is 437 g/mol. The van der Waals surface area contributed by atoms with Crippen molar-refractivity contribution in [2.75, 3.05) is 38.2 Å². The number of nitrogens with zero attached hydrogens (tertiary/aromatic N) is 2. The van der Waals surface area contributed by atoms with Gasteiger partial charge in [-0.1, -0.05) is 24.3 Å². The molecule has 2 aliphatic rings. The molecular formula is C26H35N3O3. The normalized spacial score (nSPS) is 19.8. The fraction of sp³-hybridized carbons (Fsp3) is 0.500. The number of nitrogens with two attached hydrogens (primary N) is 1. The summed E-state index contributed by atoms with van der Waals surface area (Å²) >= 11 is 0. The van der Waals surface area contributed by atoms with Crippen LogP contribution >= 0.6 is 0 Å². The van der Waals surface area contributed by atoms with Gasteiger partial charge >= 0.3 is 0 Å². The Labute approximate surface area is 191 Å². The molecule has 0 unspecified atom stereocenters. The van der Waals surface area contributed by atoms with Gasteiger partial charge in [-0.3, -0.25) is 9.69 Å². The maximum atomic E-state index is 11.7. The van der Waals surface area contributed by atoms with Crippen molar-refractivity contribution in [1.29, 1.82) is 0 Å². The third-order valence-corrected chi connectivity index (χ3v) is 6.79. The molecule has 2 aromatic rings. The van der Waals surface area contributed by atoms with Gasteiger partial charge in [-0.25, -0.2) is 0 Å². The zero-order valence-electron chi connectivity index (χ0n) is 19.3. The van der Waals surface area contributed by atoms with Crippen molar-refractivity contribution in [1.82, 2.24) is 4.90 Å². The van der Waals surface area contributed by atoms with Gasteiger partial charge in [0.05, 0.1) is 19.8 Å². The molecule has 0 aromatic heterocycles. The highest BCUT2D eigenvalue weighted by molar-refractivity contribution is 5.76. The van der Waals surface area contributed by atoms with Crippen molar-refractivity contribution >= 4 is 11.6 Å². The fourth-order valence-electron chi connectivity index (χ4n) is 4.96. The molecule has 2 fully saturated rings. The Morgan fingerprint density at radius 2 is 1.88 bits per heavy atom. The van der Waals surface area contributed by atoms with E-state index in [9.17, 15) is 4.79 Å². The van der Waals surface area contributed by atoms with Gasteiger partial charge in [0.2, 0.25) is 5.91 Å². The minimum absolute atomic E-state index is 0.207. The number of ether oxygens (including phenoxy) is 2. The topological polar surface area (TPSA) is 68.0 Å². The van der Waals surface area contributed by atoms with Gasteiger partial charge < -0.3 is 20.1 Å². The van der Waals surface area contributed by atoms with E-state index in [1.807, 2.05) is 6.07 Å². The van der Waals surface area contributed by atoms with Crippen LogP contribution in [0.1, 0.15) is 36.8 Å². The van der Waals surface area contributed by atoms with Gasteiger partial charge in [0, 0.05) is 37.4 Å². The quantitative estimate of drug-likeness (QED) is 0.684. The van der Waals surface area contributed by atoms with Crippen molar-refractivity contribution < 1.29 is 14.3 Å². The molecule has 172 valence electrons. The number of hydrogen-bond acceptors (Lipinski definition) is 5. The summed E-state index contributed by atoms with van der Waals surface area (Å²) in [5.74, 6) is 1.33. The predicted molar refractivity (Wildman–Crippen MR) is 128 cm³/mol. The minimum atomic E-state index is -0.273. The molecule has 0 radical (unpaired) electrons.